The molecule has 120 valence electrons. The molecule has 0 radical (unpaired) electrons. The SMILES string of the molecule is Cc1cc(Br)ccc1NS(=O)(=O)c1cn(C)nc1-c1cccs1. The number of nitrogens with one attached hydrogen (secondary N) is 1. The molecule has 0 atom stereocenters. The van der Waals surface area contributed by atoms with Crippen LogP contribution in [0, 0.1) is 6.92 Å². The zero-order valence-electron chi connectivity index (χ0n) is 12.4. The molecule has 1 N–H and O–H groups in total. The van der Waals surface area contributed by atoms with E-state index in [0.717, 1.165) is 14.9 Å². The van der Waals surface area contributed by atoms with Gasteiger partial charge in [-0.05, 0) is 42.1 Å². The molecule has 2 aromatic heterocycles. The molecular formula is C15H14BrN3O2S2. The van der Waals surface area contributed by atoms with Crippen molar-refractivity contribution in [2.75, 3.05) is 4.72 Å². The minimum Gasteiger partial charge on any atom is -0.279 e. The molecule has 3 rings (SSSR count). The Bertz CT molecular complexity index is 947. The fourth-order valence-electron chi connectivity index (χ4n) is 2.19. The molecule has 3 aromatic rings. The lowest BCUT2D eigenvalue weighted by Crippen LogP contribution is -2.14. The van der Waals surface area contributed by atoms with E-state index in [2.05, 4.69) is 25.8 Å². The molecule has 2 heterocycles. The van der Waals surface area contributed by atoms with Gasteiger partial charge in [0, 0.05) is 17.7 Å². The molecule has 5 nitrogen and oxygen atoms in total. The van der Waals surface area contributed by atoms with Crippen LogP contribution in [0.1, 0.15) is 5.56 Å². The molecule has 0 fully saturated rings. The van der Waals surface area contributed by atoms with Gasteiger partial charge < -0.3 is 0 Å². The van der Waals surface area contributed by atoms with E-state index in [1.165, 1.54) is 22.2 Å². The van der Waals surface area contributed by atoms with Crippen molar-refractivity contribution >= 4 is 43.0 Å². The number of sulfonamides is 1. The molecule has 0 aliphatic heterocycles. The Morgan fingerprint density at radius 3 is 2.74 bits per heavy atom. The Balaban J connectivity index is 2.04. The summed E-state index contributed by atoms with van der Waals surface area (Å²) in [7, 11) is -2.02. The van der Waals surface area contributed by atoms with Gasteiger partial charge in [0.05, 0.1) is 10.6 Å². The summed E-state index contributed by atoms with van der Waals surface area (Å²) in [4.78, 5) is 0.989. The minimum atomic E-state index is -3.73. The fraction of sp³-hybridized carbons (Fsp3) is 0.133. The van der Waals surface area contributed by atoms with E-state index in [9.17, 15) is 8.42 Å². The maximum Gasteiger partial charge on any atom is 0.265 e. The van der Waals surface area contributed by atoms with E-state index in [-0.39, 0.29) is 4.90 Å². The van der Waals surface area contributed by atoms with Crippen molar-refractivity contribution < 1.29 is 8.42 Å². The van der Waals surface area contributed by atoms with E-state index in [4.69, 9.17) is 0 Å². The van der Waals surface area contributed by atoms with Crippen molar-refractivity contribution in [2.45, 2.75) is 11.8 Å². The quantitative estimate of drug-likeness (QED) is 0.704. The Labute approximate surface area is 147 Å². The first-order valence-corrected chi connectivity index (χ1v) is 9.89. The van der Waals surface area contributed by atoms with E-state index in [1.54, 1.807) is 19.2 Å². The third kappa shape index (κ3) is 3.34. The second-order valence-electron chi connectivity index (χ2n) is 5.06. The van der Waals surface area contributed by atoms with Crippen LogP contribution in [0.15, 0.2) is 51.3 Å². The van der Waals surface area contributed by atoms with Gasteiger partial charge in [-0.3, -0.25) is 9.40 Å². The Hall–Kier alpha value is -1.64. The van der Waals surface area contributed by atoms with Crippen molar-refractivity contribution in [2.24, 2.45) is 7.05 Å². The lowest BCUT2D eigenvalue weighted by molar-refractivity contribution is 0.601. The van der Waals surface area contributed by atoms with Gasteiger partial charge >= 0.3 is 0 Å². The molecule has 8 heteroatoms. The fourth-order valence-corrected chi connectivity index (χ4v) is 4.78. The number of rotatable bonds is 4. The van der Waals surface area contributed by atoms with Gasteiger partial charge in [-0.1, -0.05) is 22.0 Å². The number of anilines is 1. The van der Waals surface area contributed by atoms with Crippen LogP contribution in [-0.4, -0.2) is 18.2 Å². The largest absolute Gasteiger partial charge is 0.279 e. The highest BCUT2D eigenvalue weighted by atomic mass is 79.9. The van der Waals surface area contributed by atoms with E-state index < -0.39 is 10.0 Å². The average molecular weight is 412 g/mol. The molecule has 0 spiro atoms. The van der Waals surface area contributed by atoms with Crippen LogP contribution in [0.2, 0.25) is 0 Å². The Morgan fingerprint density at radius 1 is 1.30 bits per heavy atom. The summed E-state index contributed by atoms with van der Waals surface area (Å²) >= 11 is 4.83. The first kappa shape index (κ1) is 16.2. The first-order chi connectivity index (χ1) is 10.9. The van der Waals surface area contributed by atoms with Gasteiger partial charge in [0.15, 0.2) is 0 Å². The van der Waals surface area contributed by atoms with Crippen LogP contribution in [0.25, 0.3) is 10.6 Å². The van der Waals surface area contributed by atoms with Gasteiger partial charge in [0.2, 0.25) is 0 Å². The molecule has 0 saturated carbocycles. The number of hydrogen-bond acceptors (Lipinski definition) is 4. The summed E-state index contributed by atoms with van der Waals surface area (Å²) < 4.78 is 30.7. The lowest BCUT2D eigenvalue weighted by Gasteiger charge is -2.10. The zero-order valence-corrected chi connectivity index (χ0v) is 15.7. The summed E-state index contributed by atoms with van der Waals surface area (Å²) in [5.74, 6) is 0. The topological polar surface area (TPSA) is 64.0 Å². The van der Waals surface area contributed by atoms with Crippen LogP contribution < -0.4 is 4.72 Å². The second kappa shape index (κ2) is 6.10. The van der Waals surface area contributed by atoms with Crippen molar-refractivity contribution in [3.8, 4) is 10.6 Å². The Kier molecular flexibility index (Phi) is 4.31. The third-order valence-electron chi connectivity index (χ3n) is 3.27. The normalized spacial score (nSPS) is 11.6. The Morgan fingerprint density at radius 2 is 2.09 bits per heavy atom. The molecule has 0 aliphatic rings. The van der Waals surface area contributed by atoms with Gasteiger partial charge in [0.25, 0.3) is 10.0 Å². The summed E-state index contributed by atoms with van der Waals surface area (Å²) in [6.07, 6.45) is 1.52. The highest BCUT2D eigenvalue weighted by molar-refractivity contribution is 9.10. The van der Waals surface area contributed by atoms with E-state index >= 15 is 0 Å². The molecule has 0 bridgehead atoms. The summed E-state index contributed by atoms with van der Waals surface area (Å²) in [6, 6.07) is 9.13. The molecular weight excluding hydrogens is 398 g/mol. The van der Waals surface area contributed by atoms with Gasteiger partial charge in [0.1, 0.15) is 10.6 Å². The smallest absolute Gasteiger partial charge is 0.265 e. The first-order valence-electron chi connectivity index (χ1n) is 6.73. The van der Waals surface area contributed by atoms with Crippen LogP contribution >= 0.6 is 27.3 Å². The molecule has 23 heavy (non-hydrogen) atoms. The number of aryl methyl sites for hydroxylation is 2. The number of thiophene rings is 1. The van der Waals surface area contributed by atoms with Crippen LogP contribution in [-0.2, 0) is 17.1 Å². The second-order valence-corrected chi connectivity index (χ2v) is 8.57. The summed E-state index contributed by atoms with van der Waals surface area (Å²) in [5, 5.41) is 6.19. The predicted molar refractivity (Wildman–Crippen MR) is 96.2 cm³/mol. The number of nitrogens with zero attached hydrogens (tertiary/aromatic N) is 2. The molecule has 1 aromatic carbocycles. The standard InChI is InChI=1S/C15H14BrN3O2S2/c1-10-8-11(16)5-6-12(10)18-23(20,21)14-9-19(2)17-15(14)13-4-3-7-22-13/h3-9,18H,1-2H3. The molecule has 0 saturated heterocycles. The highest BCUT2D eigenvalue weighted by Crippen LogP contribution is 2.31. The average Bonchev–Trinajstić information content (AvgIpc) is 3.11. The third-order valence-corrected chi connectivity index (χ3v) is 6.01. The maximum atomic E-state index is 12.8. The van der Waals surface area contributed by atoms with Gasteiger partial charge in [-0.25, -0.2) is 8.42 Å². The molecule has 0 amide bonds. The van der Waals surface area contributed by atoms with Crippen molar-refractivity contribution in [1.82, 2.24) is 9.78 Å². The minimum absolute atomic E-state index is 0.171. The van der Waals surface area contributed by atoms with Crippen LogP contribution in [0.4, 0.5) is 5.69 Å². The number of hydrogen-bond donors (Lipinski definition) is 1. The van der Waals surface area contributed by atoms with E-state index in [1.807, 2.05) is 30.5 Å². The predicted octanol–water partition coefficient (Wildman–Crippen LogP) is 4.02. The monoisotopic (exact) mass is 411 g/mol. The van der Waals surface area contributed by atoms with Gasteiger partial charge in [-0.2, -0.15) is 5.10 Å². The number of halogens is 1. The van der Waals surface area contributed by atoms with Crippen molar-refractivity contribution in [3.63, 3.8) is 0 Å². The lowest BCUT2D eigenvalue weighted by atomic mass is 10.2. The number of aromatic nitrogens is 2. The van der Waals surface area contributed by atoms with Crippen molar-refractivity contribution in [1.29, 1.82) is 0 Å². The maximum absolute atomic E-state index is 12.8. The van der Waals surface area contributed by atoms with Crippen LogP contribution in [0.3, 0.4) is 0 Å². The van der Waals surface area contributed by atoms with Crippen LogP contribution in [0.5, 0.6) is 0 Å². The molecule has 0 aliphatic carbocycles. The van der Waals surface area contributed by atoms with E-state index in [0.29, 0.717) is 11.4 Å². The highest BCUT2D eigenvalue weighted by Gasteiger charge is 2.24. The summed E-state index contributed by atoms with van der Waals surface area (Å²) in [6.45, 7) is 1.85. The van der Waals surface area contributed by atoms with Gasteiger partial charge in [-0.15, -0.1) is 11.3 Å². The zero-order chi connectivity index (χ0) is 16.6. The van der Waals surface area contributed by atoms with Crippen molar-refractivity contribution in [3.05, 3.63) is 51.9 Å². The number of benzene rings is 1. The molecule has 0 unspecified atom stereocenters. The summed E-state index contributed by atoms with van der Waals surface area (Å²) in [5.41, 5.74) is 1.85.